The summed E-state index contributed by atoms with van der Waals surface area (Å²) in [6.07, 6.45) is 1.32. The van der Waals surface area contributed by atoms with E-state index in [9.17, 15) is 8.42 Å². The standard InChI is InChI=1S/C18H20ClNO3S/c19-15-3-1-2-14(12-15)13-23-16-4-6-17(7-5-16)24(21,22)18-8-10-20-11-9-18/h1-7,12,18,20H,8-11,13H2. The molecule has 0 radical (unpaired) electrons. The summed E-state index contributed by atoms with van der Waals surface area (Å²) >= 11 is 5.94. The number of rotatable bonds is 5. The van der Waals surface area contributed by atoms with Crippen molar-refractivity contribution in [1.82, 2.24) is 5.32 Å². The molecule has 0 bridgehead atoms. The van der Waals surface area contributed by atoms with Crippen LogP contribution in [0.3, 0.4) is 0 Å². The van der Waals surface area contributed by atoms with E-state index in [1.165, 1.54) is 0 Å². The van der Waals surface area contributed by atoms with Crippen LogP contribution in [-0.2, 0) is 16.4 Å². The van der Waals surface area contributed by atoms with Gasteiger partial charge in [-0.25, -0.2) is 8.42 Å². The second-order valence-electron chi connectivity index (χ2n) is 5.88. The van der Waals surface area contributed by atoms with E-state index in [1.807, 2.05) is 24.3 Å². The van der Waals surface area contributed by atoms with Crippen LogP contribution >= 0.6 is 11.6 Å². The number of benzene rings is 2. The molecule has 0 amide bonds. The summed E-state index contributed by atoms with van der Waals surface area (Å²) in [5.74, 6) is 0.638. The zero-order valence-electron chi connectivity index (χ0n) is 13.2. The third kappa shape index (κ3) is 4.09. The van der Waals surface area contributed by atoms with Crippen LogP contribution in [0.1, 0.15) is 18.4 Å². The average Bonchev–Trinajstić information content (AvgIpc) is 2.61. The molecular formula is C18H20ClNO3S. The average molecular weight is 366 g/mol. The molecule has 1 saturated heterocycles. The predicted molar refractivity (Wildman–Crippen MR) is 95.3 cm³/mol. The van der Waals surface area contributed by atoms with Crippen LogP contribution in [0.4, 0.5) is 0 Å². The van der Waals surface area contributed by atoms with Gasteiger partial charge in [0.05, 0.1) is 10.1 Å². The Morgan fingerprint density at radius 3 is 2.46 bits per heavy atom. The van der Waals surface area contributed by atoms with Crippen LogP contribution in [0.25, 0.3) is 0 Å². The maximum Gasteiger partial charge on any atom is 0.181 e. The lowest BCUT2D eigenvalue weighted by Gasteiger charge is -2.22. The van der Waals surface area contributed by atoms with Crippen LogP contribution in [0.15, 0.2) is 53.4 Å². The van der Waals surface area contributed by atoms with Gasteiger partial charge in [0.15, 0.2) is 9.84 Å². The first kappa shape index (κ1) is 17.3. The molecule has 0 aliphatic carbocycles. The summed E-state index contributed by atoms with van der Waals surface area (Å²) in [7, 11) is -3.26. The molecule has 1 heterocycles. The van der Waals surface area contributed by atoms with Crippen molar-refractivity contribution in [3.63, 3.8) is 0 Å². The summed E-state index contributed by atoms with van der Waals surface area (Å²) in [6, 6.07) is 14.1. The number of nitrogens with one attached hydrogen (secondary N) is 1. The highest BCUT2D eigenvalue weighted by atomic mass is 35.5. The normalized spacial score (nSPS) is 16.0. The highest BCUT2D eigenvalue weighted by molar-refractivity contribution is 7.92. The van der Waals surface area contributed by atoms with Gasteiger partial charge >= 0.3 is 0 Å². The molecule has 3 rings (SSSR count). The minimum atomic E-state index is -3.26. The number of piperidine rings is 1. The van der Waals surface area contributed by atoms with Crippen molar-refractivity contribution in [2.24, 2.45) is 0 Å². The monoisotopic (exact) mass is 365 g/mol. The Morgan fingerprint density at radius 1 is 1.08 bits per heavy atom. The minimum absolute atomic E-state index is 0.294. The fourth-order valence-corrected chi connectivity index (χ4v) is 4.79. The molecule has 1 N–H and O–H groups in total. The van der Waals surface area contributed by atoms with E-state index in [0.717, 1.165) is 18.7 Å². The van der Waals surface area contributed by atoms with Crippen LogP contribution in [0.2, 0.25) is 5.02 Å². The Balaban J connectivity index is 1.66. The lowest BCUT2D eigenvalue weighted by Crippen LogP contribution is -2.35. The number of sulfone groups is 1. The maximum atomic E-state index is 12.6. The molecule has 6 heteroatoms. The summed E-state index contributed by atoms with van der Waals surface area (Å²) in [6.45, 7) is 1.90. The van der Waals surface area contributed by atoms with Crippen molar-refractivity contribution in [3.05, 3.63) is 59.1 Å². The van der Waals surface area contributed by atoms with E-state index in [4.69, 9.17) is 16.3 Å². The second-order valence-corrected chi connectivity index (χ2v) is 8.55. The molecule has 0 unspecified atom stereocenters. The van der Waals surface area contributed by atoms with Crippen molar-refractivity contribution in [2.75, 3.05) is 13.1 Å². The Hall–Kier alpha value is -1.56. The molecule has 24 heavy (non-hydrogen) atoms. The van der Waals surface area contributed by atoms with Gasteiger partial charge in [0.2, 0.25) is 0 Å². The SMILES string of the molecule is O=S(=O)(c1ccc(OCc2cccc(Cl)c2)cc1)C1CCNCC1. The fourth-order valence-electron chi connectivity index (χ4n) is 2.82. The summed E-state index contributed by atoms with van der Waals surface area (Å²) in [5.41, 5.74) is 0.967. The molecule has 2 aromatic carbocycles. The first-order chi connectivity index (χ1) is 11.6. The number of halogens is 1. The summed E-state index contributed by atoms with van der Waals surface area (Å²) < 4.78 is 31.0. The zero-order valence-corrected chi connectivity index (χ0v) is 14.8. The number of ether oxygens (including phenoxy) is 1. The van der Waals surface area contributed by atoms with Crippen LogP contribution in [-0.4, -0.2) is 26.8 Å². The first-order valence-electron chi connectivity index (χ1n) is 7.97. The largest absolute Gasteiger partial charge is 0.489 e. The second kappa shape index (κ2) is 7.55. The van der Waals surface area contributed by atoms with Gasteiger partial charge in [-0.15, -0.1) is 0 Å². The molecule has 0 aromatic heterocycles. The van der Waals surface area contributed by atoms with E-state index in [2.05, 4.69) is 5.32 Å². The lowest BCUT2D eigenvalue weighted by atomic mass is 10.2. The van der Waals surface area contributed by atoms with Gasteiger partial charge in [-0.3, -0.25) is 0 Å². The molecule has 1 fully saturated rings. The Morgan fingerprint density at radius 2 is 1.79 bits per heavy atom. The third-order valence-electron chi connectivity index (χ3n) is 4.17. The van der Waals surface area contributed by atoms with Gasteiger partial charge in [-0.2, -0.15) is 0 Å². The van der Waals surface area contributed by atoms with Crippen molar-refractivity contribution < 1.29 is 13.2 Å². The Kier molecular flexibility index (Phi) is 5.43. The van der Waals surface area contributed by atoms with Crippen molar-refractivity contribution in [1.29, 1.82) is 0 Å². The number of hydrogen-bond acceptors (Lipinski definition) is 4. The summed E-state index contributed by atoms with van der Waals surface area (Å²) in [5, 5.41) is 3.56. The Labute approximate surface area is 147 Å². The number of hydrogen-bond donors (Lipinski definition) is 1. The van der Waals surface area contributed by atoms with Crippen LogP contribution in [0.5, 0.6) is 5.75 Å². The van der Waals surface area contributed by atoms with E-state index in [0.29, 0.717) is 35.1 Å². The molecule has 0 atom stereocenters. The van der Waals surface area contributed by atoms with E-state index >= 15 is 0 Å². The molecule has 0 spiro atoms. The van der Waals surface area contributed by atoms with Crippen LogP contribution in [0, 0.1) is 0 Å². The van der Waals surface area contributed by atoms with Gasteiger partial charge in [0.25, 0.3) is 0 Å². The summed E-state index contributed by atoms with van der Waals surface area (Å²) in [4.78, 5) is 0.365. The molecule has 1 aliphatic heterocycles. The molecule has 128 valence electrons. The van der Waals surface area contributed by atoms with Gasteiger partial charge in [-0.1, -0.05) is 23.7 Å². The van der Waals surface area contributed by atoms with Crippen molar-refractivity contribution in [2.45, 2.75) is 29.6 Å². The van der Waals surface area contributed by atoms with E-state index in [-0.39, 0.29) is 5.25 Å². The molecule has 0 saturated carbocycles. The van der Waals surface area contributed by atoms with E-state index < -0.39 is 9.84 Å². The minimum Gasteiger partial charge on any atom is -0.489 e. The van der Waals surface area contributed by atoms with Crippen LogP contribution < -0.4 is 10.1 Å². The van der Waals surface area contributed by atoms with Gasteiger partial charge in [-0.05, 0) is 67.9 Å². The highest BCUT2D eigenvalue weighted by Gasteiger charge is 2.28. The van der Waals surface area contributed by atoms with Gasteiger partial charge in [0.1, 0.15) is 12.4 Å². The first-order valence-corrected chi connectivity index (χ1v) is 9.90. The van der Waals surface area contributed by atoms with Gasteiger partial charge in [0, 0.05) is 5.02 Å². The molecule has 2 aromatic rings. The molecule has 4 nitrogen and oxygen atoms in total. The molecule has 1 aliphatic rings. The fraction of sp³-hybridized carbons (Fsp3) is 0.333. The quantitative estimate of drug-likeness (QED) is 0.881. The zero-order chi connectivity index (χ0) is 17.0. The van der Waals surface area contributed by atoms with Gasteiger partial charge < -0.3 is 10.1 Å². The topological polar surface area (TPSA) is 55.4 Å². The van der Waals surface area contributed by atoms with Crippen molar-refractivity contribution >= 4 is 21.4 Å². The smallest absolute Gasteiger partial charge is 0.181 e. The highest BCUT2D eigenvalue weighted by Crippen LogP contribution is 2.24. The predicted octanol–water partition coefficient (Wildman–Crippen LogP) is 3.44. The van der Waals surface area contributed by atoms with Crippen molar-refractivity contribution in [3.8, 4) is 5.75 Å². The molecular weight excluding hydrogens is 346 g/mol. The lowest BCUT2D eigenvalue weighted by molar-refractivity contribution is 0.306. The third-order valence-corrected chi connectivity index (χ3v) is 6.69. The Bertz CT molecular complexity index is 784. The maximum absolute atomic E-state index is 12.6. The van der Waals surface area contributed by atoms with E-state index in [1.54, 1.807) is 24.3 Å².